The van der Waals surface area contributed by atoms with Crippen molar-refractivity contribution in [2.75, 3.05) is 11.9 Å². The third-order valence-corrected chi connectivity index (χ3v) is 4.59. The van der Waals surface area contributed by atoms with Gasteiger partial charge in [-0.3, -0.25) is 10.1 Å². The van der Waals surface area contributed by atoms with Gasteiger partial charge in [0.05, 0.1) is 18.0 Å². The van der Waals surface area contributed by atoms with Crippen LogP contribution < -0.4 is 10.1 Å². The topological polar surface area (TPSA) is 77.2 Å². The summed E-state index contributed by atoms with van der Waals surface area (Å²) in [6.07, 6.45) is 0. The number of aromatic nitrogens is 2. The van der Waals surface area contributed by atoms with Gasteiger partial charge in [0.15, 0.2) is 5.13 Å². The Morgan fingerprint density at radius 3 is 2.92 bits per heavy atom. The van der Waals surface area contributed by atoms with Gasteiger partial charge in [-0.2, -0.15) is 0 Å². The number of nitrogens with zero attached hydrogens (tertiary/aromatic N) is 2. The van der Waals surface area contributed by atoms with Gasteiger partial charge in [0.25, 0.3) is 5.91 Å². The lowest BCUT2D eigenvalue weighted by molar-refractivity contribution is 0.102. The zero-order chi connectivity index (χ0) is 18.7. The molecule has 0 bridgehead atoms. The lowest BCUT2D eigenvalue weighted by Crippen LogP contribution is -2.14. The van der Waals surface area contributed by atoms with Gasteiger partial charge in [0.1, 0.15) is 17.1 Å². The number of hydrogen-bond acceptors (Lipinski definition) is 6. The van der Waals surface area contributed by atoms with Crippen molar-refractivity contribution in [3.05, 3.63) is 46.7 Å². The minimum absolute atomic E-state index is 0.0985. The molecule has 0 saturated carbocycles. The quantitative estimate of drug-likeness (QED) is 0.668. The Morgan fingerprint density at radius 2 is 2.19 bits per heavy atom. The van der Waals surface area contributed by atoms with Crippen LogP contribution in [0, 0.1) is 6.92 Å². The van der Waals surface area contributed by atoms with Crippen molar-refractivity contribution in [1.29, 1.82) is 0 Å². The van der Waals surface area contributed by atoms with E-state index in [0.717, 1.165) is 17.0 Å². The number of anilines is 1. The monoisotopic (exact) mass is 371 g/mol. The second kappa shape index (κ2) is 7.70. The molecule has 0 unspecified atom stereocenters. The Labute approximate surface area is 156 Å². The number of hydrogen-bond donors (Lipinski definition) is 1. The van der Waals surface area contributed by atoms with Crippen molar-refractivity contribution in [2.45, 2.75) is 33.6 Å². The number of thiazole rings is 1. The lowest BCUT2D eigenvalue weighted by Gasteiger charge is -2.05. The van der Waals surface area contributed by atoms with Gasteiger partial charge in [0, 0.05) is 10.9 Å². The van der Waals surface area contributed by atoms with Crippen LogP contribution in [0.1, 0.15) is 48.5 Å². The Bertz CT molecular complexity index is 914. The first-order valence-electron chi connectivity index (χ1n) is 8.45. The summed E-state index contributed by atoms with van der Waals surface area (Å²) in [5.41, 5.74) is 2.87. The second-order valence-electron chi connectivity index (χ2n) is 6.11. The van der Waals surface area contributed by atoms with Crippen molar-refractivity contribution in [3.63, 3.8) is 0 Å². The summed E-state index contributed by atoms with van der Waals surface area (Å²) < 4.78 is 10.7. The highest BCUT2D eigenvalue weighted by molar-refractivity contribution is 7.14. The van der Waals surface area contributed by atoms with E-state index in [1.807, 2.05) is 50.4 Å². The summed E-state index contributed by atoms with van der Waals surface area (Å²) in [5, 5.41) is 9.28. The minimum Gasteiger partial charge on any atom is -0.494 e. The van der Waals surface area contributed by atoms with Crippen molar-refractivity contribution in [1.82, 2.24) is 10.1 Å². The van der Waals surface area contributed by atoms with Crippen molar-refractivity contribution in [2.24, 2.45) is 0 Å². The highest BCUT2D eigenvalue weighted by atomic mass is 32.1. The van der Waals surface area contributed by atoms with Crippen LogP contribution >= 0.6 is 11.3 Å². The maximum Gasteiger partial charge on any atom is 0.262 e. The highest BCUT2D eigenvalue weighted by Gasteiger charge is 2.23. The van der Waals surface area contributed by atoms with E-state index in [9.17, 15) is 4.79 Å². The molecule has 2 aromatic heterocycles. The normalized spacial score (nSPS) is 11.0. The highest BCUT2D eigenvalue weighted by Crippen LogP contribution is 2.29. The first-order chi connectivity index (χ1) is 12.5. The van der Waals surface area contributed by atoms with Crippen LogP contribution in [-0.2, 0) is 0 Å². The molecule has 6 nitrogen and oxygen atoms in total. The molecular weight excluding hydrogens is 350 g/mol. The van der Waals surface area contributed by atoms with Crippen LogP contribution in [0.15, 0.2) is 34.2 Å². The van der Waals surface area contributed by atoms with Crippen LogP contribution in [0.2, 0.25) is 0 Å². The van der Waals surface area contributed by atoms with Gasteiger partial charge in [-0.25, -0.2) is 4.98 Å². The number of carbonyl (C=O) groups is 1. The van der Waals surface area contributed by atoms with Gasteiger partial charge >= 0.3 is 0 Å². The predicted molar refractivity (Wildman–Crippen MR) is 102 cm³/mol. The molecular formula is C19H21N3O3S. The van der Waals surface area contributed by atoms with E-state index in [-0.39, 0.29) is 11.8 Å². The maximum atomic E-state index is 12.6. The molecule has 0 aliphatic rings. The van der Waals surface area contributed by atoms with Crippen LogP contribution in [-0.4, -0.2) is 22.7 Å². The molecule has 0 aliphatic carbocycles. The first kappa shape index (κ1) is 18.1. The number of benzene rings is 1. The summed E-state index contributed by atoms with van der Waals surface area (Å²) in [5.74, 6) is 1.15. The lowest BCUT2D eigenvalue weighted by atomic mass is 10.0. The molecule has 3 aromatic rings. The Hall–Kier alpha value is -2.67. The average molecular weight is 371 g/mol. The summed E-state index contributed by atoms with van der Waals surface area (Å²) in [7, 11) is 0. The van der Waals surface area contributed by atoms with Crippen LogP contribution in [0.25, 0.3) is 11.3 Å². The van der Waals surface area contributed by atoms with E-state index < -0.39 is 0 Å². The smallest absolute Gasteiger partial charge is 0.262 e. The molecule has 3 rings (SSSR count). The van der Waals surface area contributed by atoms with Gasteiger partial charge in [0.2, 0.25) is 0 Å². The summed E-state index contributed by atoms with van der Waals surface area (Å²) >= 11 is 1.37. The van der Waals surface area contributed by atoms with Crippen LogP contribution in [0.3, 0.4) is 0 Å². The van der Waals surface area contributed by atoms with Crippen LogP contribution in [0.5, 0.6) is 5.75 Å². The molecule has 26 heavy (non-hydrogen) atoms. The van der Waals surface area contributed by atoms with Crippen molar-refractivity contribution < 1.29 is 14.1 Å². The summed E-state index contributed by atoms with van der Waals surface area (Å²) in [6, 6.07) is 7.73. The number of aryl methyl sites for hydroxylation is 1. The Balaban J connectivity index is 1.80. The van der Waals surface area contributed by atoms with E-state index in [1.54, 1.807) is 6.92 Å². The molecule has 0 atom stereocenters. The molecule has 0 aliphatic heterocycles. The van der Waals surface area contributed by atoms with E-state index in [0.29, 0.717) is 28.8 Å². The third-order valence-electron chi connectivity index (χ3n) is 3.83. The maximum absolute atomic E-state index is 12.6. The molecule has 0 fully saturated rings. The average Bonchev–Trinajstić information content (AvgIpc) is 3.22. The molecule has 0 spiro atoms. The fourth-order valence-corrected chi connectivity index (χ4v) is 3.31. The standard InChI is InChI=1S/C19H21N3O3S/c1-5-24-14-8-6-7-13(9-14)15-10-26-19(20-15)21-18(23)16-12(4)25-22-17(16)11(2)3/h6-11H,5H2,1-4H3,(H,20,21,23). The fraction of sp³-hybridized carbons (Fsp3) is 0.316. The van der Waals surface area contributed by atoms with E-state index in [4.69, 9.17) is 9.26 Å². The third kappa shape index (κ3) is 3.77. The Kier molecular flexibility index (Phi) is 5.37. The minimum atomic E-state index is -0.253. The van der Waals surface area contributed by atoms with Gasteiger partial charge in [-0.1, -0.05) is 31.1 Å². The van der Waals surface area contributed by atoms with Gasteiger partial charge < -0.3 is 9.26 Å². The number of carbonyl (C=O) groups excluding carboxylic acids is 1. The fourth-order valence-electron chi connectivity index (χ4n) is 2.59. The summed E-state index contributed by atoms with van der Waals surface area (Å²) in [6.45, 7) is 8.24. The molecule has 2 heterocycles. The zero-order valence-corrected chi connectivity index (χ0v) is 16.0. The Morgan fingerprint density at radius 1 is 1.38 bits per heavy atom. The molecule has 7 heteroatoms. The van der Waals surface area contributed by atoms with E-state index in [2.05, 4.69) is 15.5 Å². The van der Waals surface area contributed by atoms with Crippen molar-refractivity contribution >= 4 is 22.4 Å². The number of amides is 1. The van der Waals surface area contributed by atoms with Crippen molar-refractivity contribution in [3.8, 4) is 17.0 Å². The van der Waals surface area contributed by atoms with Crippen LogP contribution in [0.4, 0.5) is 5.13 Å². The predicted octanol–water partition coefficient (Wildman–Crippen LogP) is 4.88. The number of rotatable bonds is 6. The SMILES string of the molecule is CCOc1cccc(-c2csc(NC(=O)c3c(C(C)C)noc3C)n2)c1. The molecule has 0 radical (unpaired) electrons. The molecule has 136 valence electrons. The first-order valence-corrected chi connectivity index (χ1v) is 9.33. The van der Waals surface area contributed by atoms with Gasteiger partial charge in [-0.05, 0) is 31.9 Å². The molecule has 0 saturated heterocycles. The van der Waals surface area contributed by atoms with Gasteiger partial charge in [-0.15, -0.1) is 11.3 Å². The molecule has 1 amide bonds. The largest absolute Gasteiger partial charge is 0.494 e. The molecule has 1 N–H and O–H groups in total. The second-order valence-corrected chi connectivity index (χ2v) is 6.96. The number of ether oxygens (including phenoxy) is 1. The van der Waals surface area contributed by atoms with E-state index in [1.165, 1.54) is 11.3 Å². The molecule has 1 aromatic carbocycles. The van der Waals surface area contributed by atoms with E-state index >= 15 is 0 Å². The zero-order valence-electron chi connectivity index (χ0n) is 15.2. The number of nitrogens with one attached hydrogen (secondary N) is 1. The summed E-state index contributed by atoms with van der Waals surface area (Å²) in [4.78, 5) is 17.2.